The molecule has 4 nitrogen and oxygen atoms in total. The summed E-state index contributed by atoms with van der Waals surface area (Å²) in [6.07, 6.45) is 3.57. The van der Waals surface area contributed by atoms with E-state index in [1.807, 2.05) is 0 Å². The molecule has 0 atom stereocenters. The van der Waals surface area contributed by atoms with Gasteiger partial charge in [-0.05, 0) is 38.3 Å². The molecule has 1 N–H and O–H groups in total. The molecule has 1 aliphatic carbocycles. The predicted molar refractivity (Wildman–Crippen MR) is 73.5 cm³/mol. The molecule has 0 spiro atoms. The van der Waals surface area contributed by atoms with Crippen molar-refractivity contribution < 1.29 is 4.79 Å². The van der Waals surface area contributed by atoms with Crippen LogP contribution in [-0.2, 0) is 4.79 Å². The summed E-state index contributed by atoms with van der Waals surface area (Å²) < 4.78 is 0. The summed E-state index contributed by atoms with van der Waals surface area (Å²) in [5, 5.41) is 3.38. The summed E-state index contributed by atoms with van der Waals surface area (Å²) >= 11 is 0. The van der Waals surface area contributed by atoms with E-state index in [1.165, 1.54) is 12.8 Å². The Balaban J connectivity index is 1.83. The van der Waals surface area contributed by atoms with Crippen molar-refractivity contribution in [3.05, 3.63) is 0 Å². The minimum absolute atomic E-state index is 0.341. The summed E-state index contributed by atoms with van der Waals surface area (Å²) in [5.74, 6) is 0.911. The van der Waals surface area contributed by atoms with Crippen molar-refractivity contribution >= 4 is 5.91 Å². The Kier molecular flexibility index (Phi) is 5.01. The Morgan fingerprint density at radius 3 is 2.78 bits per heavy atom. The summed E-state index contributed by atoms with van der Waals surface area (Å²) in [4.78, 5) is 16.8. The van der Waals surface area contributed by atoms with Crippen LogP contribution in [0.1, 0.15) is 33.1 Å². The van der Waals surface area contributed by atoms with Gasteiger partial charge in [0.25, 0.3) is 0 Å². The zero-order valence-electron chi connectivity index (χ0n) is 11.8. The first kappa shape index (κ1) is 13.8. The minimum Gasteiger partial charge on any atom is -0.338 e. The molecule has 1 aliphatic heterocycles. The van der Waals surface area contributed by atoms with Gasteiger partial charge >= 0.3 is 0 Å². The number of nitrogens with zero attached hydrogens (tertiary/aromatic N) is 2. The molecule has 18 heavy (non-hydrogen) atoms. The molecular formula is C14H27N3O. The molecule has 1 heterocycles. The summed E-state index contributed by atoms with van der Waals surface area (Å²) in [7, 11) is 0. The van der Waals surface area contributed by atoms with Crippen LogP contribution >= 0.6 is 0 Å². The average molecular weight is 253 g/mol. The number of hydrogen-bond donors (Lipinski definition) is 1. The first-order chi connectivity index (χ1) is 8.66. The van der Waals surface area contributed by atoms with E-state index in [-0.39, 0.29) is 0 Å². The minimum atomic E-state index is 0.341. The molecule has 2 aliphatic rings. The average Bonchev–Trinajstić information content (AvgIpc) is 3.13. The monoisotopic (exact) mass is 253 g/mol. The van der Waals surface area contributed by atoms with Crippen LogP contribution in [0.5, 0.6) is 0 Å². The molecule has 104 valence electrons. The van der Waals surface area contributed by atoms with E-state index in [4.69, 9.17) is 0 Å². The number of carbonyl (C=O) groups excluding carboxylic acids is 1. The summed E-state index contributed by atoms with van der Waals surface area (Å²) in [6, 6.07) is 0.546. The Hall–Kier alpha value is -0.610. The van der Waals surface area contributed by atoms with Gasteiger partial charge in [-0.1, -0.05) is 13.8 Å². The highest BCUT2D eigenvalue weighted by Crippen LogP contribution is 2.27. The molecule has 0 aromatic rings. The molecule has 0 aromatic carbocycles. The van der Waals surface area contributed by atoms with Gasteiger partial charge in [-0.2, -0.15) is 0 Å². The van der Waals surface area contributed by atoms with E-state index in [9.17, 15) is 4.79 Å². The molecular weight excluding hydrogens is 226 g/mol. The lowest BCUT2D eigenvalue weighted by Gasteiger charge is -2.28. The van der Waals surface area contributed by atoms with Crippen LogP contribution in [0.4, 0.5) is 0 Å². The van der Waals surface area contributed by atoms with Gasteiger partial charge in [-0.15, -0.1) is 0 Å². The third-order valence-electron chi connectivity index (χ3n) is 3.66. The molecule has 4 heteroatoms. The van der Waals surface area contributed by atoms with Gasteiger partial charge in [-0.3, -0.25) is 9.69 Å². The van der Waals surface area contributed by atoms with Gasteiger partial charge in [0.2, 0.25) is 5.91 Å². The van der Waals surface area contributed by atoms with Gasteiger partial charge in [0.15, 0.2) is 0 Å². The van der Waals surface area contributed by atoms with Crippen LogP contribution in [0.2, 0.25) is 0 Å². The Morgan fingerprint density at radius 1 is 1.33 bits per heavy atom. The molecule has 0 radical (unpaired) electrons. The van der Waals surface area contributed by atoms with Crippen molar-refractivity contribution in [2.24, 2.45) is 5.92 Å². The lowest BCUT2D eigenvalue weighted by molar-refractivity contribution is -0.133. The molecule has 0 bridgehead atoms. The molecule has 2 rings (SSSR count). The van der Waals surface area contributed by atoms with E-state index in [1.54, 1.807) is 0 Å². The van der Waals surface area contributed by atoms with Crippen molar-refractivity contribution in [3.8, 4) is 0 Å². The van der Waals surface area contributed by atoms with E-state index in [0.29, 0.717) is 24.4 Å². The van der Waals surface area contributed by atoms with E-state index in [0.717, 1.165) is 39.1 Å². The topological polar surface area (TPSA) is 35.6 Å². The second-order valence-corrected chi connectivity index (χ2v) is 6.05. The van der Waals surface area contributed by atoms with Crippen molar-refractivity contribution in [2.45, 2.75) is 39.2 Å². The Labute approximate surface area is 111 Å². The highest BCUT2D eigenvalue weighted by molar-refractivity contribution is 5.79. The highest BCUT2D eigenvalue weighted by Gasteiger charge is 2.33. The zero-order chi connectivity index (χ0) is 13.0. The van der Waals surface area contributed by atoms with E-state index in [2.05, 4.69) is 29.0 Å². The fourth-order valence-electron chi connectivity index (χ4n) is 2.58. The smallest absolute Gasteiger partial charge is 0.237 e. The van der Waals surface area contributed by atoms with Crippen LogP contribution < -0.4 is 5.32 Å². The highest BCUT2D eigenvalue weighted by atomic mass is 16.2. The van der Waals surface area contributed by atoms with Crippen molar-refractivity contribution in [2.75, 3.05) is 39.3 Å². The summed E-state index contributed by atoms with van der Waals surface area (Å²) in [5.41, 5.74) is 0. The molecule has 1 saturated heterocycles. The van der Waals surface area contributed by atoms with Gasteiger partial charge in [0.05, 0.1) is 6.54 Å². The van der Waals surface area contributed by atoms with Crippen LogP contribution in [0.3, 0.4) is 0 Å². The number of carbonyl (C=O) groups is 1. The first-order valence-electron chi connectivity index (χ1n) is 7.39. The fourth-order valence-corrected chi connectivity index (χ4v) is 2.58. The second-order valence-electron chi connectivity index (χ2n) is 6.05. The molecule has 1 saturated carbocycles. The van der Waals surface area contributed by atoms with E-state index >= 15 is 0 Å². The largest absolute Gasteiger partial charge is 0.338 e. The molecule has 0 aromatic heterocycles. The van der Waals surface area contributed by atoms with Crippen molar-refractivity contribution in [3.63, 3.8) is 0 Å². The normalized spacial score (nSPS) is 21.9. The number of amides is 1. The SMILES string of the molecule is CC(C)CN(C(=O)CN1CCCNCC1)C1CC1. The van der Waals surface area contributed by atoms with Crippen LogP contribution in [0.25, 0.3) is 0 Å². The van der Waals surface area contributed by atoms with Crippen LogP contribution in [-0.4, -0.2) is 61.0 Å². The molecule has 1 amide bonds. The Morgan fingerprint density at radius 2 is 2.11 bits per heavy atom. The quantitative estimate of drug-likeness (QED) is 0.792. The first-order valence-corrected chi connectivity index (χ1v) is 7.39. The maximum absolute atomic E-state index is 12.4. The number of hydrogen-bond acceptors (Lipinski definition) is 3. The standard InChI is InChI=1S/C14H27N3O/c1-12(2)10-17(13-4-5-13)14(18)11-16-8-3-6-15-7-9-16/h12-13,15H,3-11H2,1-2H3. The zero-order valence-corrected chi connectivity index (χ0v) is 11.8. The van der Waals surface area contributed by atoms with Gasteiger partial charge in [0.1, 0.15) is 0 Å². The maximum atomic E-state index is 12.4. The van der Waals surface area contributed by atoms with Crippen molar-refractivity contribution in [1.82, 2.24) is 15.1 Å². The van der Waals surface area contributed by atoms with Gasteiger partial charge in [0, 0.05) is 25.7 Å². The maximum Gasteiger partial charge on any atom is 0.237 e. The van der Waals surface area contributed by atoms with Crippen molar-refractivity contribution in [1.29, 1.82) is 0 Å². The molecule has 0 unspecified atom stereocenters. The fraction of sp³-hybridized carbons (Fsp3) is 0.929. The Bertz CT molecular complexity index is 268. The van der Waals surface area contributed by atoms with Crippen LogP contribution in [0, 0.1) is 5.92 Å². The summed E-state index contributed by atoms with van der Waals surface area (Å²) in [6.45, 7) is 10.1. The third-order valence-corrected chi connectivity index (χ3v) is 3.66. The predicted octanol–water partition coefficient (Wildman–Crippen LogP) is 0.929. The third kappa shape index (κ3) is 4.25. The van der Waals surface area contributed by atoms with Gasteiger partial charge < -0.3 is 10.2 Å². The van der Waals surface area contributed by atoms with E-state index < -0.39 is 0 Å². The van der Waals surface area contributed by atoms with Crippen LogP contribution in [0.15, 0.2) is 0 Å². The number of rotatable bonds is 5. The molecule has 2 fully saturated rings. The second kappa shape index (κ2) is 6.53. The van der Waals surface area contributed by atoms with Gasteiger partial charge in [-0.25, -0.2) is 0 Å². The lowest BCUT2D eigenvalue weighted by Crippen LogP contribution is -2.44. The lowest BCUT2D eigenvalue weighted by atomic mass is 10.2. The number of nitrogens with one attached hydrogen (secondary N) is 1.